The van der Waals surface area contributed by atoms with Gasteiger partial charge in [0.1, 0.15) is 18.1 Å². The number of para-hydroxylation sites is 1. The molecular formula is C17H20O3. The first-order valence-electron chi connectivity index (χ1n) is 6.77. The van der Waals surface area contributed by atoms with Gasteiger partial charge in [0.15, 0.2) is 0 Å². The number of benzene rings is 2. The molecule has 2 aromatic rings. The molecule has 0 aliphatic carbocycles. The second-order valence-corrected chi connectivity index (χ2v) is 4.60. The number of hydrogen-bond acceptors (Lipinski definition) is 3. The molecule has 0 aromatic heterocycles. The van der Waals surface area contributed by atoms with E-state index in [1.807, 2.05) is 55.5 Å². The minimum absolute atomic E-state index is 0.470. The molecule has 0 heterocycles. The second kappa shape index (κ2) is 6.96. The standard InChI is InChI=1S/C17H20O3/c1-3-16(18)15-6-4-5-7-17(15)20-12-13-8-10-14(19-2)11-9-13/h4-11,16,18H,3,12H2,1-2H3/t16-/m1/s1. The van der Waals surface area contributed by atoms with Crippen LogP contribution in [0.5, 0.6) is 11.5 Å². The van der Waals surface area contributed by atoms with Gasteiger partial charge >= 0.3 is 0 Å². The van der Waals surface area contributed by atoms with Crippen LogP contribution in [0.4, 0.5) is 0 Å². The van der Waals surface area contributed by atoms with Crippen molar-refractivity contribution < 1.29 is 14.6 Å². The van der Waals surface area contributed by atoms with Crippen molar-refractivity contribution in [2.24, 2.45) is 0 Å². The first-order chi connectivity index (χ1) is 9.74. The fraction of sp³-hybridized carbons (Fsp3) is 0.294. The van der Waals surface area contributed by atoms with Crippen LogP contribution in [-0.4, -0.2) is 12.2 Å². The molecule has 0 aliphatic heterocycles. The molecule has 0 aliphatic rings. The van der Waals surface area contributed by atoms with Gasteiger partial charge in [-0.05, 0) is 30.2 Å². The Morgan fingerprint density at radius 1 is 1.05 bits per heavy atom. The summed E-state index contributed by atoms with van der Waals surface area (Å²) in [4.78, 5) is 0. The van der Waals surface area contributed by atoms with Crippen LogP contribution in [0.1, 0.15) is 30.6 Å². The van der Waals surface area contributed by atoms with Gasteiger partial charge in [-0.25, -0.2) is 0 Å². The molecule has 106 valence electrons. The lowest BCUT2D eigenvalue weighted by Gasteiger charge is -2.15. The van der Waals surface area contributed by atoms with E-state index in [9.17, 15) is 5.11 Å². The summed E-state index contributed by atoms with van der Waals surface area (Å²) in [7, 11) is 1.65. The molecule has 2 rings (SSSR count). The van der Waals surface area contributed by atoms with Gasteiger partial charge in [0.05, 0.1) is 13.2 Å². The van der Waals surface area contributed by atoms with Gasteiger partial charge < -0.3 is 14.6 Å². The molecule has 0 bridgehead atoms. The Morgan fingerprint density at radius 2 is 1.75 bits per heavy atom. The highest BCUT2D eigenvalue weighted by Crippen LogP contribution is 2.27. The zero-order valence-electron chi connectivity index (χ0n) is 11.9. The van der Waals surface area contributed by atoms with Gasteiger partial charge in [0, 0.05) is 5.56 Å². The highest BCUT2D eigenvalue weighted by Gasteiger charge is 2.10. The van der Waals surface area contributed by atoms with Crippen LogP contribution in [0.2, 0.25) is 0 Å². The van der Waals surface area contributed by atoms with Crippen molar-refractivity contribution in [2.45, 2.75) is 26.1 Å². The predicted octanol–water partition coefficient (Wildman–Crippen LogP) is 3.72. The molecule has 0 unspecified atom stereocenters. The van der Waals surface area contributed by atoms with Crippen LogP contribution < -0.4 is 9.47 Å². The molecular weight excluding hydrogens is 252 g/mol. The quantitative estimate of drug-likeness (QED) is 0.871. The van der Waals surface area contributed by atoms with Crippen molar-refractivity contribution in [3.8, 4) is 11.5 Å². The molecule has 3 heteroatoms. The lowest BCUT2D eigenvalue weighted by Crippen LogP contribution is -2.02. The van der Waals surface area contributed by atoms with Crippen molar-refractivity contribution in [2.75, 3.05) is 7.11 Å². The summed E-state index contributed by atoms with van der Waals surface area (Å²) < 4.78 is 10.9. The second-order valence-electron chi connectivity index (χ2n) is 4.60. The zero-order chi connectivity index (χ0) is 14.4. The summed E-state index contributed by atoms with van der Waals surface area (Å²) in [5.74, 6) is 1.56. The van der Waals surface area contributed by atoms with Crippen molar-refractivity contribution in [1.29, 1.82) is 0 Å². The molecule has 1 atom stereocenters. The van der Waals surface area contributed by atoms with E-state index in [4.69, 9.17) is 9.47 Å². The van der Waals surface area contributed by atoms with Crippen molar-refractivity contribution in [3.63, 3.8) is 0 Å². The zero-order valence-corrected chi connectivity index (χ0v) is 11.9. The number of hydrogen-bond donors (Lipinski definition) is 1. The van der Waals surface area contributed by atoms with E-state index in [0.29, 0.717) is 13.0 Å². The average molecular weight is 272 g/mol. The molecule has 0 saturated heterocycles. The molecule has 2 aromatic carbocycles. The van der Waals surface area contributed by atoms with Crippen LogP contribution in [0.3, 0.4) is 0 Å². The molecule has 0 saturated carbocycles. The number of aliphatic hydroxyl groups excluding tert-OH is 1. The molecule has 20 heavy (non-hydrogen) atoms. The first-order valence-corrected chi connectivity index (χ1v) is 6.77. The van der Waals surface area contributed by atoms with Gasteiger partial charge in [0.2, 0.25) is 0 Å². The van der Waals surface area contributed by atoms with Crippen molar-refractivity contribution >= 4 is 0 Å². The van der Waals surface area contributed by atoms with E-state index in [-0.39, 0.29) is 0 Å². The van der Waals surface area contributed by atoms with E-state index < -0.39 is 6.10 Å². The largest absolute Gasteiger partial charge is 0.497 e. The molecule has 0 fully saturated rings. The lowest BCUT2D eigenvalue weighted by atomic mass is 10.1. The third-order valence-corrected chi connectivity index (χ3v) is 3.22. The number of ether oxygens (including phenoxy) is 2. The first kappa shape index (κ1) is 14.4. The summed E-state index contributed by atoms with van der Waals surface area (Å²) in [6.45, 7) is 2.42. The number of aliphatic hydroxyl groups is 1. The Balaban J connectivity index is 2.06. The van der Waals surface area contributed by atoms with Crippen LogP contribution in [-0.2, 0) is 6.61 Å². The highest BCUT2D eigenvalue weighted by atomic mass is 16.5. The van der Waals surface area contributed by atoms with E-state index in [2.05, 4.69) is 0 Å². The minimum Gasteiger partial charge on any atom is -0.497 e. The Hall–Kier alpha value is -2.00. The summed E-state index contributed by atoms with van der Waals surface area (Å²) in [5.41, 5.74) is 1.90. The van der Waals surface area contributed by atoms with Gasteiger partial charge in [-0.15, -0.1) is 0 Å². The molecule has 0 amide bonds. The van der Waals surface area contributed by atoms with Crippen LogP contribution in [0, 0.1) is 0 Å². The molecule has 0 spiro atoms. The SMILES string of the molecule is CC[C@@H](O)c1ccccc1OCc1ccc(OC)cc1. The van der Waals surface area contributed by atoms with Crippen molar-refractivity contribution in [3.05, 3.63) is 59.7 Å². The Morgan fingerprint density at radius 3 is 2.40 bits per heavy atom. The normalized spacial score (nSPS) is 11.9. The fourth-order valence-electron chi connectivity index (χ4n) is 1.99. The topological polar surface area (TPSA) is 38.7 Å². The maximum atomic E-state index is 9.98. The third-order valence-electron chi connectivity index (χ3n) is 3.22. The number of rotatable bonds is 6. The molecule has 3 nitrogen and oxygen atoms in total. The monoisotopic (exact) mass is 272 g/mol. The predicted molar refractivity (Wildman–Crippen MR) is 79.0 cm³/mol. The Labute approximate surface area is 119 Å². The number of methoxy groups -OCH3 is 1. The van der Waals surface area contributed by atoms with Gasteiger partial charge in [-0.2, -0.15) is 0 Å². The summed E-state index contributed by atoms with van der Waals surface area (Å²) in [5, 5.41) is 9.98. The Kier molecular flexibility index (Phi) is 5.02. The van der Waals surface area contributed by atoms with Gasteiger partial charge in [-0.3, -0.25) is 0 Å². The fourth-order valence-corrected chi connectivity index (χ4v) is 1.99. The van der Waals surface area contributed by atoms with E-state index >= 15 is 0 Å². The summed E-state index contributed by atoms with van der Waals surface area (Å²) in [6, 6.07) is 15.4. The third kappa shape index (κ3) is 3.52. The molecule has 0 radical (unpaired) electrons. The molecule has 1 N–H and O–H groups in total. The maximum absolute atomic E-state index is 9.98. The van der Waals surface area contributed by atoms with Crippen LogP contribution >= 0.6 is 0 Å². The average Bonchev–Trinajstić information content (AvgIpc) is 2.53. The van der Waals surface area contributed by atoms with E-state index in [1.165, 1.54) is 0 Å². The van der Waals surface area contributed by atoms with E-state index in [1.54, 1.807) is 7.11 Å². The van der Waals surface area contributed by atoms with Gasteiger partial charge in [0.25, 0.3) is 0 Å². The highest BCUT2D eigenvalue weighted by molar-refractivity contribution is 5.35. The van der Waals surface area contributed by atoms with Crippen LogP contribution in [0.25, 0.3) is 0 Å². The maximum Gasteiger partial charge on any atom is 0.125 e. The van der Waals surface area contributed by atoms with Crippen LogP contribution in [0.15, 0.2) is 48.5 Å². The minimum atomic E-state index is -0.484. The smallest absolute Gasteiger partial charge is 0.125 e. The Bertz CT molecular complexity index is 534. The van der Waals surface area contributed by atoms with E-state index in [0.717, 1.165) is 22.6 Å². The summed E-state index contributed by atoms with van der Waals surface area (Å²) >= 11 is 0. The van der Waals surface area contributed by atoms with Crippen molar-refractivity contribution in [1.82, 2.24) is 0 Å². The lowest BCUT2D eigenvalue weighted by molar-refractivity contribution is 0.166. The summed E-state index contributed by atoms with van der Waals surface area (Å²) in [6.07, 6.45) is 0.185. The van der Waals surface area contributed by atoms with Gasteiger partial charge in [-0.1, -0.05) is 37.3 Å².